The van der Waals surface area contributed by atoms with Gasteiger partial charge in [-0.2, -0.15) is 0 Å². The van der Waals surface area contributed by atoms with E-state index in [0.29, 0.717) is 24.9 Å². The van der Waals surface area contributed by atoms with Gasteiger partial charge in [0.25, 0.3) is 5.56 Å². The molecule has 2 aromatic rings. The van der Waals surface area contributed by atoms with Crippen LogP contribution in [-0.2, 0) is 22.9 Å². The van der Waals surface area contributed by atoms with Crippen LogP contribution in [0.15, 0.2) is 74.0 Å². The van der Waals surface area contributed by atoms with Gasteiger partial charge in [-0.05, 0) is 49.7 Å². The maximum atomic E-state index is 13.5. The Morgan fingerprint density at radius 2 is 1.97 bits per heavy atom. The third-order valence-corrected chi connectivity index (χ3v) is 10.5. The molecule has 0 spiro atoms. The van der Waals surface area contributed by atoms with E-state index in [9.17, 15) is 18.0 Å². The topological polar surface area (TPSA) is 106 Å². The Bertz CT molecular complexity index is 1560. The molecule has 6 rings (SSSR count). The molecule has 9 nitrogen and oxygen atoms in total. The number of nitrogens with zero attached hydrogens (tertiary/aromatic N) is 4. The molecule has 3 unspecified atom stereocenters. The van der Waals surface area contributed by atoms with E-state index in [1.54, 1.807) is 24.3 Å². The maximum Gasteiger partial charge on any atom is 0.332 e. The smallest absolute Gasteiger partial charge is 0.327 e. The molecule has 0 bridgehead atoms. The average molecular weight is 540 g/mol. The zero-order valence-electron chi connectivity index (χ0n) is 20.5. The predicted octanol–water partition coefficient (Wildman–Crippen LogP) is 2.18. The van der Waals surface area contributed by atoms with Crippen molar-refractivity contribution in [2.24, 2.45) is 4.99 Å². The highest BCUT2D eigenvalue weighted by Crippen LogP contribution is 2.37. The molecule has 1 fully saturated rings. The minimum Gasteiger partial charge on any atom is -0.327 e. The van der Waals surface area contributed by atoms with E-state index in [1.807, 2.05) is 30.0 Å². The van der Waals surface area contributed by atoms with E-state index < -0.39 is 21.1 Å². The molecule has 5 heterocycles. The molecule has 1 aromatic carbocycles. The van der Waals surface area contributed by atoms with Crippen LogP contribution < -0.4 is 16.6 Å². The number of rotatable bonds is 7. The summed E-state index contributed by atoms with van der Waals surface area (Å²) in [6.45, 7) is 2.62. The van der Waals surface area contributed by atoms with E-state index in [1.165, 1.54) is 9.13 Å². The van der Waals surface area contributed by atoms with Crippen LogP contribution in [-0.4, -0.2) is 57.3 Å². The molecule has 1 saturated heterocycles. The van der Waals surface area contributed by atoms with Crippen molar-refractivity contribution in [3.05, 3.63) is 75.2 Å². The number of aliphatic imine (C=N–C) groups is 1. The molecule has 4 aliphatic rings. The third-order valence-electron chi connectivity index (χ3n) is 7.35. The Morgan fingerprint density at radius 1 is 1.16 bits per heavy atom. The Labute approximate surface area is 219 Å². The molecule has 0 radical (unpaired) electrons. The van der Waals surface area contributed by atoms with Crippen molar-refractivity contribution in [1.82, 2.24) is 19.4 Å². The van der Waals surface area contributed by atoms with Crippen molar-refractivity contribution in [3.63, 3.8) is 0 Å². The van der Waals surface area contributed by atoms with Gasteiger partial charge in [0.05, 0.1) is 22.7 Å². The Hall–Kier alpha value is -2.89. The molecule has 3 atom stereocenters. The summed E-state index contributed by atoms with van der Waals surface area (Å²) < 4.78 is 28.4. The third kappa shape index (κ3) is 4.13. The van der Waals surface area contributed by atoms with Crippen LogP contribution in [0.3, 0.4) is 0 Å². The number of hydrogen-bond acceptors (Lipinski definition) is 8. The molecule has 11 heteroatoms. The van der Waals surface area contributed by atoms with Gasteiger partial charge in [0.1, 0.15) is 12.0 Å². The molecule has 194 valence electrons. The number of thioether (sulfide) groups is 1. The molecular weight excluding hydrogens is 510 g/mol. The normalized spacial score (nSPS) is 25.0. The fraction of sp³-hybridized carbons (Fsp3) is 0.423. The lowest BCUT2D eigenvalue weighted by Gasteiger charge is -2.26. The van der Waals surface area contributed by atoms with E-state index in [2.05, 4.69) is 23.2 Å². The van der Waals surface area contributed by atoms with Gasteiger partial charge in [0.15, 0.2) is 14.9 Å². The highest BCUT2D eigenvalue weighted by Gasteiger charge is 2.46. The fourth-order valence-corrected chi connectivity index (χ4v) is 8.76. The number of sulfone groups is 1. The highest BCUT2D eigenvalue weighted by molar-refractivity contribution is 7.99. The van der Waals surface area contributed by atoms with Gasteiger partial charge >= 0.3 is 5.69 Å². The quantitative estimate of drug-likeness (QED) is 0.425. The lowest BCUT2D eigenvalue weighted by Crippen LogP contribution is -2.45. The summed E-state index contributed by atoms with van der Waals surface area (Å²) in [5, 5.41) is 3.75. The standard InChI is InChI=1S/C26H29N5O4S2/c1-17-22-23(28-20-12-7-11-19(27-17)31(20)22)36-15-6-5-13-29-24(32)21(18-9-3-2-4-10-18)25-30(26(29)33)14-8-16-37(25,34)35/h2-4,7,9-12,20,22-23,28H,5-6,8,13-16H2,1H3. The second-order valence-electron chi connectivity index (χ2n) is 9.73. The van der Waals surface area contributed by atoms with Crippen molar-refractivity contribution in [3.8, 4) is 11.1 Å². The first-order chi connectivity index (χ1) is 17.9. The van der Waals surface area contributed by atoms with Crippen LogP contribution in [0.5, 0.6) is 0 Å². The lowest BCUT2D eigenvalue weighted by molar-refractivity contribution is 0.332. The predicted molar refractivity (Wildman–Crippen MR) is 145 cm³/mol. The monoisotopic (exact) mass is 539 g/mol. The minimum atomic E-state index is -3.72. The van der Waals surface area contributed by atoms with Crippen LogP contribution in [0.2, 0.25) is 0 Å². The second-order valence-corrected chi connectivity index (χ2v) is 13.0. The Balaban J connectivity index is 1.19. The summed E-state index contributed by atoms with van der Waals surface area (Å²) in [6, 6.07) is 9.02. The SMILES string of the molecule is CC1=NC2=CC=CC3NC(SCCCCn4c(=O)c(-c5ccccc5)c5n(c4=O)CCCS5(=O)=O)C1N23. The zero-order chi connectivity index (χ0) is 25.7. The number of allylic oxidation sites excluding steroid dienone is 2. The summed E-state index contributed by atoms with van der Waals surface area (Å²) in [5.74, 6) is 1.82. The first-order valence-corrected chi connectivity index (χ1v) is 15.3. The molecule has 37 heavy (non-hydrogen) atoms. The summed E-state index contributed by atoms with van der Waals surface area (Å²) in [4.78, 5) is 33.8. The molecular formula is C26H29N5O4S2. The number of fused-ring (bicyclic) bond motifs is 1. The van der Waals surface area contributed by atoms with Gasteiger partial charge in [-0.1, -0.05) is 36.4 Å². The molecule has 1 aromatic heterocycles. The van der Waals surface area contributed by atoms with Crippen LogP contribution in [0, 0.1) is 0 Å². The van der Waals surface area contributed by atoms with E-state index >= 15 is 0 Å². The van der Waals surface area contributed by atoms with Gasteiger partial charge in [0.2, 0.25) is 0 Å². The number of benzene rings is 1. The molecule has 0 amide bonds. The maximum absolute atomic E-state index is 13.5. The van der Waals surface area contributed by atoms with Crippen molar-refractivity contribution in [2.45, 2.75) is 61.9 Å². The largest absolute Gasteiger partial charge is 0.332 e. The highest BCUT2D eigenvalue weighted by atomic mass is 32.2. The average Bonchev–Trinajstić information content (AvgIpc) is 3.43. The van der Waals surface area contributed by atoms with Crippen molar-refractivity contribution >= 4 is 27.3 Å². The number of hydrogen-bond donors (Lipinski definition) is 1. The van der Waals surface area contributed by atoms with Gasteiger partial charge in [-0.25, -0.2) is 18.2 Å². The Kier molecular flexibility index (Phi) is 6.24. The van der Waals surface area contributed by atoms with Crippen molar-refractivity contribution in [1.29, 1.82) is 0 Å². The van der Waals surface area contributed by atoms with E-state index in [-0.39, 0.29) is 40.5 Å². The van der Waals surface area contributed by atoms with E-state index in [0.717, 1.165) is 23.7 Å². The molecule has 0 saturated carbocycles. The number of unbranched alkanes of at least 4 members (excludes halogenated alkanes) is 1. The van der Waals surface area contributed by atoms with Crippen LogP contribution in [0.25, 0.3) is 11.1 Å². The first kappa shape index (κ1) is 24.4. The number of nitrogens with one attached hydrogen (secondary N) is 1. The van der Waals surface area contributed by atoms with Crippen LogP contribution in [0.4, 0.5) is 0 Å². The van der Waals surface area contributed by atoms with E-state index in [4.69, 9.17) is 4.99 Å². The van der Waals surface area contributed by atoms with Crippen LogP contribution in [0.1, 0.15) is 26.2 Å². The first-order valence-electron chi connectivity index (χ1n) is 12.6. The fourth-order valence-electron chi connectivity index (χ4n) is 5.67. The van der Waals surface area contributed by atoms with Gasteiger partial charge in [0, 0.05) is 18.8 Å². The summed E-state index contributed by atoms with van der Waals surface area (Å²) in [5.41, 5.74) is 0.673. The van der Waals surface area contributed by atoms with Gasteiger partial charge in [-0.15, -0.1) is 11.8 Å². The summed E-state index contributed by atoms with van der Waals surface area (Å²) in [7, 11) is -3.72. The molecule has 4 aliphatic heterocycles. The molecule has 1 N–H and O–H groups in total. The summed E-state index contributed by atoms with van der Waals surface area (Å²) in [6.07, 6.45) is 8.21. The molecule has 0 aliphatic carbocycles. The Morgan fingerprint density at radius 3 is 2.78 bits per heavy atom. The minimum absolute atomic E-state index is 0.0569. The summed E-state index contributed by atoms with van der Waals surface area (Å²) >= 11 is 1.83. The second kappa shape index (κ2) is 9.45. The van der Waals surface area contributed by atoms with Gasteiger partial charge < -0.3 is 4.90 Å². The van der Waals surface area contributed by atoms with Crippen LogP contribution >= 0.6 is 11.8 Å². The van der Waals surface area contributed by atoms with Gasteiger partial charge in [-0.3, -0.25) is 19.2 Å². The zero-order valence-corrected chi connectivity index (χ0v) is 22.2. The lowest BCUT2D eigenvalue weighted by atomic mass is 10.1. The van der Waals surface area contributed by atoms with Crippen molar-refractivity contribution in [2.75, 3.05) is 11.5 Å². The van der Waals surface area contributed by atoms with Crippen molar-refractivity contribution < 1.29 is 8.42 Å². The number of aromatic nitrogens is 2.